The van der Waals surface area contributed by atoms with Gasteiger partial charge in [-0.25, -0.2) is 0 Å². The number of ether oxygens (including phenoxy) is 1. The molecule has 2 N–H and O–H groups in total. The number of hydrogen-bond donors (Lipinski definition) is 2. The number of aliphatic hydroxyl groups is 1. The molecule has 5 nitrogen and oxygen atoms in total. The fraction of sp³-hybridized carbons (Fsp3) is 0.923. The molecule has 0 aromatic rings. The van der Waals surface area contributed by atoms with E-state index in [2.05, 4.69) is 5.32 Å². The third-order valence-electron chi connectivity index (χ3n) is 3.35. The van der Waals surface area contributed by atoms with Crippen LogP contribution in [0.4, 0.5) is 0 Å². The maximum absolute atomic E-state index is 12.0. The molecule has 1 rings (SSSR count). The average molecular weight is 258 g/mol. The zero-order valence-corrected chi connectivity index (χ0v) is 11.4. The van der Waals surface area contributed by atoms with Gasteiger partial charge in [-0.05, 0) is 19.3 Å². The zero-order valence-electron chi connectivity index (χ0n) is 11.4. The summed E-state index contributed by atoms with van der Waals surface area (Å²) in [6.07, 6.45) is 5.30. The van der Waals surface area contributed by atoms with E-state index in [1.54, 1.807) is 7.11 Å². The maximum Gasteiger partial charge on any atom is 0.236 e. The minimum Gasteiger partial charge on any atom is -0.396 e. The predicted molar refractivity (Wildman–Crippen MR) is 70.4 cm³/mol. The van der Waals surface area contributed by atoms with Crippen LogP contribution in [0.15, 0.2) is 0 Å². The van der Waals surface area contributed by atoms with Crippen LogP contribution in [0.1, 0.15) is 32.1 Å². The van der Waals surface area contributed by atoms with E-state index in [0.717, 1.165) is 25.9 Å². The lowest BCUT2D eigenvalue weighted by Crippen LogP contribution is -2.43. The maximum atomic E-state index is 12.0. The largest absolute Gasteiger partial charge is 0.396 e. The molecule has 0 aromatic carbocycles. The second-order valence-electron chi connectivity index (χ2n) is 4.84. The van der Waals surface area contributed by atoms with Gasteiger partial charge in [0, 0.05) is 32.8 Å². The number of carbonyl (C=O) groups excluding carboxylic acids is 1. The number of rotatable bonds is 7. The molecule has 1 amide bonds. The third-order valence-corrected chi connectivity index (χ3v) is 3.35. The first kappa shape index (κ1) is 15.4. The van der Waals surface area contributed by atoms with Crippen molar-refractivity contribution in [3.8, 4) is 0 Å². The molecule has 0 radical (unpaired) electrons. The molecule has 0 bridgehead atoms. The van der Waals surface area contributed by atoms with Gasteiger partial charge in [-0.1, -0.05) is 12.8 Å². The van der Waals surface area contributed by atoms with Gasteiger partial charge in [0.25, 0.3) is 0 Å². The van der Waals surface area contributed by atoms with Crippen LogP contribution in [0.25, 0.3) is 0 Å². The van der Waals surface area contributed by atoms with Crippen molar-refractivity contribution in [1.82, 2.24) is 10.2 Å². The van der Waals surface area contributed by atoms with Crippen molar-refractivity contribution in [3.05, 3.63) is 0 Å². The van der Waals surface area contributed by atoms with Crippen LogP contribution in [0.5, 0.6) is 0 Å². The summed E-state index contributed by atoms with van der Waals surface area (Å²) in [5, 5.41) is 12.1. The first-order valence-electron chi connectivity index (χ1n) is 6.89. The van der Waals surface area contributed by atoms with E-state index >= 15 is 0 Å². The van der Waals surface area contributed by atoms with E-state index in [1.165, 1.54) is 12.8 Å². The number of nitrogens with one attached hydrogen (secondary N) is 1. The molecule has 1 fully saturated rings. The Kier molecular flexibility index (Phi) is 7.96. The summed E-state index contributed by atoms with van der Waals surface area (Å²) in [5.74, 6) is 0.163. The summed E-state index contributed by atoms with van der Waals surface area (Å²) >= 11 is 0. The molecule has 1 unspecified atom stereocenters. The first-order chi connectivity index (χ1) is 8.77. The highest BCUT2D eigenvalue weighted by Gasteiger charge is 2.16. The Morgan fingerprint density at radius 3 is 2.56 bits per heavy atom. The van der Waals surface area contributed by atoms with E-state index in [4.69, 9.17) is 9.84 Å². The summed E-state index contributed by atoms with van der Waals surface area (Å²) in [6.45, 7) is 2.74. The predicted octanol–water partition coefficient (Wildman–Crippen LogP) is 0.376. The van der Waals surface area contributed by atoms with Gasteiger partial charge in [0.1, 0.15) is 0 Å². The quantitative estimate of drug-likeness (QED) is 0.693. The van der Waals surface area contributed by atoms with Crippen LogP contribution in [-0.2, 0) is 9.53 Å². The number of carbonyl (C=O) groups is 1. The van der Waals surface area contributed by atoms with Crippen LogP contribution < -0.4 is 5.32 Å². The van der Waals surface area contributed by atoms with Crippen molar-refractivity contribution < 1.29 is 14.6 Å². The summed E-state index contributed by atoms with van der Waals surface area (Å²) in [7, 11) is 1.63. The van der Waals surface area contributed by atoms with Gasteiger partial charge >= 0.3 is 0 Å². The monoisotopic (exact) mass is 258 g/mol. The number of aliphatic hydroxyl groups excluding tert-OH is 1. The Labute approximate surface area is 109 Å². The van der Waals surface area contributed by atoms with Gasteiger partial charge in [-0.15, -0.1) is 0 Å². The summed E-state index contributed by atoms with van der Waals surface area (Å²) in [6, 6.07) is 0.0518. The second kappa shape index (κ2) is 9.30. The lowest BCUT2D eigenvalue weighted by molar-refractivity contribution is -0.130. The molecule has 0 aromatic heterocycles. The van der Waals surface area contributed by atoms with Gasteiger partial charge in [0.2, 0.25) is 5.91 Å². The summed E-state index contributed by atoms with van der Waals surface area (Å²) in [5.41, 5.74) is 0. The van der Waals surface area contributed by atoms with E-state index in [1.807, 2.05) is 4.90 Å². The molecular weight excluding hydrogens is 232 g/mol. The topological polar surface area (TPSA) is 61.8 Å². The molecular formula is C13H26N2O3. The van der Waals surface area contributed by atoms with Gasteiger partial charge in [0.15, 0.2) is 0 Å². The Morgan fingerprint density at radius 1 is 1.33 bits per heavy atom. The number of nitrogens with zero attached hydrogens (tertiary/aromatic N) is 1. The first-order valence-corrected chi connectivity index (χ1v) is 6.89. The minimum absolute atomic E-state index is 0.0518. The van der Waals surface area contributed by atoms with Crippen LogP contribution in [0, 0.1) is 0 Å². The Hall–Kier alpha value is -0.650. The van der Waals surface area contributed by atoms with Crippen molar-refractivity contribution in [3.63, 3.8) is 0 Å². The van der Waals surface area contributed by atoms with E-state index in [0.29, 0.717) is 19.6 Å². The van der Waals surface area contributed by atoms with Gasteiger partial charge in [0.05, 0.1) is 13.2 Å². The molecule has 0 spiro atoms. The van der Waals surface area contributed by atoms with Crippen LogP contribution in [0.3, 0.4) is 0 Å². The van der Waals surface area contributed by atoms with Gasteiger partial charge < -0.3 is 20.1 Å². The van der Waals surface area contributed by atoms with E-state index < -0.39 is 0 Å². The molecule has 1 aliphatic rings. The zero-order chi connectivity index (χ0) is 13.2. The van der Waals surface area contributed by atoms with Crippen molar-refractivity contribution >= 4 is 5.91 Å². The lowest BCUT2D eigenvalue weighted by Gasteiger charge is -2.22. The molecule has 1 atom stereocenters. The van der Waals surface area contributed by atoms with Crippen molar-refractivity contribution in [2.75, 3.05) is 40.0 Å². The standard InChI is InChI=1S/C13H26N2O3/c1-18-11-12(6-9-16)14-10-13(17)15-7-4-2-3-5-8-15/h12,14,16H,2-11H2,1H3. The molecule has 0 aliphatic carbocycles. The van der Waals surface area contributed by atoms with Crippen molar-refractivity contribution in [2.45, 2.75) is 38.1 Å². The van der Waals surface area contributed by atoms with E-state index in [-0.39, 0.29) is 18.6 Å². The van der Waals surface area contributed by atoms with Crippen LogP contribution >= 0.6 is 0 Å². The van der Waals surface area contributed by atoms with Crippen LogP contribution in [-0.4, -0.2) is 61.9 Å². The molecule has 5 heteroatoms. The SMILES string of the molecule is COCC(CCO)NCC(=O)N1CCCCCC1. The summed E-state index contributed by atoms with van der Waals surface area (Å²) in [4.78, 5) is 14.0. The average Bonchev–Trinajstić information content (AvgIpc) is 2.65. The fourth-order valence-electron chi connectivity index (χ4n) is 2.26. The summed E-state index contributed by atoms with van der Waals surface area (Å²) < 4.78 is 5.06. The highest BCUT2D eigenvalue weighted by Crippen LogP contribution is 2.09. The van der Waals surface area contributed by atoms with Crippen molar-refractivity contribution in [2.24, 2.45) is 0 Å². The Morgan fingerprint density at radius 2 is 2.00 bits per heavy atom. The highest BCUT2D eigenvalue weighted by atomic mass is 16.5. The lowest BCUT2D eigenvalue weighted by atomic mass is 10.2. The molecule has 18 heavy (non-hydrogen) atoms. The Bertz CT molecular complexity index is 222. The van der Waals surface area contributed by atoms with Crippen molar-refractivity contribution in [1.29, 1.82) is 0 Å². The third kappa shape index (κ3) is 5.80. The van der Waals surface area contributed by atoms with Gasteiger partial charge in [-0.3, -0.25) is 4.79 Å². The molecule has 1 saturated heterocycles. The number of amides is 1. The Balaban J connectivity index is 2.28. The second-order valence-corrected chi connectivity index (χ2v) is 4.84. The highest BCUT2D eigenvalue weighted by molar-refractivity contribution is 5.78. The molecule has 1 heterocycles. The molecule has 1 aliphatic heterocycles. The van der Waals surface area contributed by atoms with Gasteiger partial charge in [-0.2, -0.15) is 0 Å². The smallest absolute Gasteiger partial charge is 0.236 e. The number of likely N-dealkylation sites (tertiary alicyclic amines) is 1. The number of methoxy groups -OCH3 is 1. The molecule has 106 valence electrons. The van der Waals surface area contributed by atoms with Crippen LogP contribution in [0.2, 0.25) is 0 Å². The minimum atomic E-state index is 0.0518. The normalized spacial score (nSPS) is 18.4. The van der Waals surface area contributed by atoms with E-state index in [9.17, 15) is 4.79 Å². The molecule has 0 saturated carbocycles. The fourth-order valence-corrected chi connectivity index (χ4v) is 2.26. The number of hydrogen-bond acceptors (Lipinski definition) is 4.